The lowest BCUT2D eigenvalue weighted by Gasteiger charge is -2.24. The number of rotatable bonds is 13. The first-order chi connectivity index (χ1) is 32.1. The summed E-state index contributed by atoms with van der Waals surface area (Å²) < 4.78 is 0. The molecular weight excluding hydrogens is 805 g/mol. The molecule has 0 aliphatic rings. The highest BCUT2D eigenvalue weighted by Crippen LogP contribution is 2.44. The highest BCUT2D eigenvalue weighted by atomic mass is 16.3. The number of hydrogen-bond donors (Lipinski definition) is 1. The summed E-state index contributed by atoms with van der Waals surface area (Å²) >= 11 is 0. The second-order valence-electron chi connectivity index (χ2n) is 17.8. The van der Waals surface area contributed by atoms with E-state index >= 15 is 0 Å². The molecular formula is C62H52N2O2. The molecule has 0 aliphatic heterocycles. The van der Waals surface area contributed by atoms with E-state index in [2.05, 4.69) is 163 Å². The fourth-order valence-corrected chi connectivity index (χ4v) is 8.71. The molecule has 4 nitrogen and oxygen atoms in total. The van der Waals surface area contributed by atoms with Crippen LogP contribution in [-0.4, -0.2) is 20.9 Å². The largest absolute Gasteiger partial charge is 0.512 e. The molecule has 0 unspecified atom stereocenters. The number of hydrogen-bond acceptors (Lipinski definition) is 4. The molecule has 0 saturated carbocycles. The first-order valence-corrected chi connectivity index (χ1v) is 22.6. The number of allylic oxidation sites excluding steroid dienone is 2. The minimum atomic E-state index is -0.771. The number of ketones is 1. The van der Waals surface area contributed by atoms with E-state index in [9.17, 15) is 9.90 Å². The SMILES string of the molecule is CC(C)/C(O)=C/C(=O)C(C)(C)Cc1ccccc1-c1cc(-c2ccccc2-c2ccc(-c3ccccn3)cc2)cc(-c2ccccc2-c2cnc(-c3ccccc3)cc2-c2ccccc2)c1. The molecule has 0 radical (unpaired) electrons. The number of carbonyl (C=O) groups is 1. The van der Waals surface area contributed by atoms with Gasteiger partial charge in [-0.1, -0.05) is 191 Å². The number of carbonyl (C=O) groups excluding carboxylic acids is 1. The molecule has 1 N–H and O–H groups in total. The lowest BCUT2D eigenvalue weighted by Crippen LogP contribution is -2.26. The van der Waals surface area contributed by atoms with Gasteiger partial charge in [0.2, 0.25) is 0 Å². The van der Waals surface area contributed by atoms with Crippen LogP contribution in [0, 0.1) is 11.3 Å². The van der Waals surface area contributed by atoms with E-state index in [1.165, 1.54) is 6.08 Å². The average molecular weight is 857 g/mol. The van der Waals surface area contributed by atoms with Gasteiger partial charge in [-0.15, -0.1) is 0 Å². The Labute approximate surface area is 388 Å². The molecule has 322 valence electrons. The monoisotopic (exact) mass is 856 g/mol. The summed E-state index contributed by atoms with van der Waals surface area (Å²) in [5.41, 5.74) is 17.2. The van der Waals surface area contributed by atoms with Crippen LogP contribution in [-0.2, 0) is 11.2 Å². The van der Waals surface area contributed by atoms with Crippen LogP contribution in [0.25, 0.3) is 89.3 Å². The van der Waals surface area contributed by atoms with Crippen LogP contribution in [0.3, 0.4) is 0 Å². The smallest absolute Gasteiger partial charge is 0.164 e. The van der Waals surface area contributed by atoms with Gasteiger partial charge in [-0.25, -0.2) is 0 Å². The molecule has 0 bridgehead atoms. The summed E-state index contributed by atoms with van der Waals surface area (Å²) in [4.78, 5) is 23.4. The van der Waals surface area contributed by atoms with Crippen molar-refractivity contribution >= 4 is 5.78 Å². The van der Waals surface area contributed by atoms with Crippen molar-refractivity contribution in [1.29, 1.82) is 0 Å². The van der Waals surface area contributed by atoms with E-state index in [0.29, 0.717) is 6.42 Å². The van der Waals surface area contributed by atoms with E-state index in [4.69, 9.17) is 4.98 Å². The predicted molar refractivity (Wildman–Crippen MR) is 274 cm³/mol. The maximum Gasteiger partial charge on any atom is 0.164 e. The zero-order valence-corrected chi connectivity index (χ0v) is 37.8. The number of aliphatic hydroxyl groups is 1. The van der Waals surface area contributed by atoms with Crippen molar-refractivity contribution in [3.63, 3.8) is 0 Å². The molecule has 4 heteroatoms. The summed E-state index contributed by atoms with van der Waals surface area (Å²) in [6, 6.07) is 70.3. The summed E-state index contributed by atoms with van der Waals surface area (Å²) in [6.45, 7) is 7.70. The summed E-state index contributed by atoms with van der Waals surface area (Å²) in [5, 5.41) is 10.6. The van der Waals surface area contributed by atoms with Gasteiger partial charge in [0.05, 0.1) is 17.1 Å². The van der Waals surface area contributed by atoms with Gasteiger partial charge in [-0.2, -0.15) is 0 Å². The number of aliphatic hydroxyl groups excluding tert-OH is 1. The normalized spacial score (nSPS) is 11.7. The molecule has 66 heavy (non-hydrogen) atoms. The van der Waals surface area contributed by atoms with Crippen molar-refractivity contribution < 1.29 is 9.90 Å². The van der Waals surface area contributed by atoms with Crippen molar-refractivity contribution in [3.05, 3.63) is 230 Å². The topological polar surface area (TPSA) is 63.1 Å². The Morgan fingerprint density at radius 1 is 0.470 bits per heavy atom. The maximum atomic E-state index is 13.7. The van der Waals surface area contributed by atoms with Gasteiger partial charge in [0.1, 0.15) is 0 Å². The van der Waals surface area contributed by atoms with Crippen LogP contribution in [0.2, 0.25) is 0 Å². The van der Waals surface area contributed by atoms with Gasteiger partial charge >= 0.3 is 0 Å². The summed E-state index contributed by atoms with van der Waals surface area (Å²) in [6.07, 6.45) is 5.75. The molecule has 0 saturated heterocycles. The Hall–Kier alpha value is -7.95. The molecule has 9 aromatic rings. The third-order valence-corrected chi connectivity index (χ3v) is 12.4. The highest BCUT2D eigenvalue weighted by molar-refractivity contribution is 5.97. The van der Waals surface area contributed by atoms with Crippen molar-refractivity contribution in [2.75, 3.05) is 0 Å². The number of nitrogens with zero attached hydrogens (tertiary/aromatic N) is 2. The van der Waals surface area contributed by atoms with Crippen LogP contribution in [0.5, 0.6) is 0 Å². The molecule has 2 heterocycles. The van der Waals surface area contributed by atoms with Gasteiger partial charge in [0, 0.05) is 46.5 Å². The molecule has 0 fully saturated rings. The zero-order chi connectivity index (χ0) is 45.6. The second-order valence-corrected chi connectivity index (χ2v) is 17.8. The fraction of sp³-hybridized carbons (Fsp3) is 0.113. The Morgan fingerprint density at radius 3 is 1.55 bits per heavy atom. The van der Waals surface area contributed by atoms with Crippen molar-refractivity contribution in [2.45, 2.75) is 34.1 Å². The number of benzene rings is 7. The van der Waals surface area contributed by atoms with Gasteiger partial charge in [0.25, 0.3) is 0 Å². The lowest BCUT2D eigenvalue weighted by atomic mass is 9.78. The van der Waals surface area contributed by atoms with E-state index in [1.807, 2.05) is 82.6 Å². The van der Waals surface area contributed by atoms with Crippen LogP contribution in [0.1, 0.15) is 33.3 Å². The van der Waals surface area contributed by atoms with Crippen LogP contribution in [0.4, 0.5) is 0 Å². The van der Waals surface area contributed by atoms with E-state index in [-0.39, 0.29) is 17.5 Å². The summed E-state index contributed by atoms with van der Waals surface area (Å²) in [5.74, 6) is -0.136. The molecule has 2 aromatic heterocycles. The molecule has 0 atom stereocenters. The number of aromatic nitrogens is 2. The van der Waals surface area contributed by atoms with Gasteiger partial charge in [-0.3, -0.25) is 14.8 Å². The Bertz CT molecular complexity index is 3170. The number of pyridine rings is 2. The van der Waals surface area contributed by atoms with E-state index in [1.54, 1.807) is 0 Å². The van der Waals surface area contributed by atoms with Crippen LogP contribution >= 0.6 is 0 Å². The summed E-state index contributed by atoms with van der Waals surface area (Å²) in [7, 11) is 0. The predicted octanol–water partition coefficient (Wildman–Crippen LogP) is 16.0. The quantitative estimate of drug-likeness (QED) is 0.0927. The molecule has 0 spiro atoms. The van der Waals surface area contributed by atoms with Crippen molar-refractivity contribution in [1.82, 2.24) is 9.97 Å². The van der Waals surface area contributed by atoms with Crippen molar-refractivity contribution in [3.8, 4) is 89.3 Å². The first-order valence-electron chi connectivity index (χ1n) is 22.6. The Balaban J connectivity index is 1.23. The average Bonchev–Trinajstić information content (AvgIpc) is 3.37. The van der Waals surface area contributed by atoms with E-state index < -0.39 is 5.41 Å². The van der Waals surface area contributed by atoms with Gasteiger partial charge in [0.15, 0.2) is 5.78 Å². The Kier molecular flexibility index (Phi) is 12.5. The standard InChI is InChI=1S/C62H52N2O2/c1-42(2)60(65)39-61(66)62(3,4)40-47-23-11-12-24-51(47)48-35-49(53-26-14-13-25-52(53)44-30-32-46(33-31-44)58-29-17-18-34-63-58)37-50(36-48)54-27-15-16-28-55(54)57-41-64-59(45-21-9-6-10-22-45)38-56(57)43-19-7-5-8-20-43/h5-39,41-42,65H,40H2,1-4H3/b60-39-. The van der Waals surface area contributed by atoms with Crippen LogP contribution in [0.15, 0.2) is 224 Å². The Morgan fingerprint density at radius 2 is 0.939 bits per heavy atom. The van der Waals surface area contributed by atoms with E-state index in [0.717, 1.165) is 94.8 Å². The maximum absolute atomic E-state index is 13.7. The van der Waals surface area contributed by atoms with Crippen LogP contribution < -0.4 is 0 Å². The second kappa shape index (κ2) is 19.0. The molecule has 9 rings (SSSR count). The minimum absolute atomic E-state index is 0.0998. The molecule has 0 aliphatic carbocycles. The third kappa shape index (κ3) is 9.31. The van der Waals surface area contributed by atoms with Gasteiger partial charge in [-0.05, 0) is 110 Å². The minimum Gasteiger partial charge on any atom is -0.512 e. The molecule has 0 amide bonds. The zero-order valence-electron chi connectivity index (χ0n) is 37.8. The molecule has 7 aromatic carbocycles. The lowest BCUT2D eigenvalue weighted by molar-refractivity contribution is -0.122. The van der Waals surface area contributed by atoms with Crippen molar-refractivity contribution in [2.24, 2.45) is 11.3 Å². The fourth-order valence-electron chi connectivity index (χ4n) is 8.71. The van der Waals surface area contributed by atoms with Gasteiger partial charge < -0.3 is 5.11 Å². The third-order valence-electron chi connectivity index (χ3n) is 12.4. The highest BCUT2D eigenvalue weighted by Gasteiger charge is 2.28. The first kappa shape index (κ1) is 43.3.